The van der Waals surface area contributed by atoms with Gasteiger partial charge >= 0.3 is 5.97 Å². The molecule has 0 spiro atoms. The van der Waals surface area contributed by atoms with E-state index in [9.17, 15) is 23.1 Å². The zero-order chi connectivity index (χ0) is 20.4. The van der Waals surface area contributed by atoms with Crippen LogP contribution in [0.5, 0.6) is 5.88 Å². The molecular weight excluding hydrogens is 372 g/mol. The van der Waals surface area contributed by atoms with Crippen LogP contribution in [-0.2, 0) is 21.1 Å². The first-order valence-corrected chi connectivity index (χ1v) is 10.3. The zero-order valence-electron chi connectivity index (χ0n) is 15.6. The van der Waals surface area contributed by atoms with Gasteiger partial charge in [0.1, 0.15) is 5.56 Å². The number of carbonyl (C=O) groups is 2. The quantitative estimate of drug-likeness (QED) is 0.565. The van der Waals surface area contributed by atoms with Gasteiger partial charge in [-0.1, -0.05) is 6.92 Å². The molecular formula is C18H22N2O6S. The van der Waals surface area contributed by atoms with Gasteiger partial charge in [-0.05, 0) is 38.0 Å². The van der Waals surface area contributed by atoms with Crippen molar-refractivity contribution in [1.82, 2.24) is 9.78 Å². The van der Waals surface area contributed by atoms with Gasteiger partial charge in [-0.3, -0.25) is 4.79 Å². The fraction of sp³-hybridized carbons (Fsp3) is 0.389. The number of rotatable bonds is 7. The third-order valence-corrected chi connectivity index (χ3v) is 5.21. The molecule has 2 aromatic rings. The van der Waals surface area contributed by atoms with Gasteiger partial charge in [0.2, 0.25) is 5.88 Å². The van der Waals surface area contributed by atoms with E-state index >= 15 is 0 Å². The highest BCUT2D eigenvalue weighted by atomic mass is 32.2. The molecule has 0 radical (unpaired) electrons. The Bertz CT molecular complexity index is 992. The van der Waals surface area contributed by atoms with E-state index in [1.54, 1.807) is 6.92 Å². The Labute approximate surface area is 157 Å². The van der Waals surface area contributed by atoms with Gasteiger partial charge in [-0.25, -0.2) is 17.9 Å². The van der Waals surface area contributed by atoms with E-state index in [-0.39, 0.29) is 39.6 Å². The number of aromatic nitrogens is 2. The summed E-state index contributed by atoms with van der Waals surface area (Å²) in [7, 11) is -3.72. The third-order valence-electron chi connectivity index (χ3n) is 4.07. The molecule has 0 aliphatic rings. The maximum atomic E-state index is 12.9. The first-order valence-electron chi connectivity index (χ1n) is 8.43. The normalized spacial score (nSPS) is 11.4. The number of carbonyl (C=O) groups excluding carboxylic acids is 2. The highest BCUT2D eigenvalue weighted by Gasteiger charge is 2.28. The topological polar surface area (TPSA) is 116 Å². The van der Waals surface area contributed by atoms with Gasteiger partial charge in [0.25, 0.3) is 0 Å². The molecule has 0 fully saturated rings. The largest absolute Gasteiger partial charge is 0.493 e. The fourth-order valence-electron chi connectivity index (χ4n) is 2.68. The van der Waals surface area contributed by atoms with E-state index in [2.05, 4.69) is 5.10 Å². The van der Waals surface area contributed by atoms with E-state index in [1.165, 1.54) is 29.9 Å². The number of aromatic hydroxyl groups is 1. The summed E-state index contributed by atoms with van der Waals surface area (Å²) < 4.78 is 30.5. The summed E-state index contributed by atoms with van der Waals surface area (Å²) in [6, 6.07) is 2.53. The van der Waals surface area contributed by atoms with Crippen LogP contribution in [0, 0.1) is 6.92 Å². The Morgan fingerprint density at radius 2 is 1.89 bits per heavy atom. The van der Waals surface area contributed by atoms with Crippen molar-refractivity contribution in [3.8, 4) is 5.88 Å². The summed E-state index contributed by atoms with van der Waals surface area (Å²) in [5.41, 5.74) is 0.0728. The van der Waals surface area contributed by atoms with Crippen LogP contribution in [0.25, 0.3) is 0 Å². The smallest absolute Gasteiger partial charge is 0.339 e. The van der Waals surface area contributed by atoms with Crippen molar-refractivity contribution in [3.63, 3.8) is 0 Å². The predicted molar refractivity (Wildman–Crippen MR) is 97.9 cm³/mol. The second-order valence-electron chi connectivity index (χ2n) is 6.05. The van der Waals surface area contributed by atoms with Crippen LogP contribution in [0.2, 0.25) is 0 Å². The lowest BCUT2D eigenvalue weighted by Crippen LogP contribution is -2.16. The summed E-state index contributed by atoms with van der Waals surface area (Å²) in [4.78, 5) is 25.1. The lowest BCUT2D eigenvalue weighted by atomic mass is 9.96. The first kappa shape index (κ1) is 20.6. The molecule has 2 rings (SSSR count). The molecule has 0 saturated heterocycles. The molecule has 8 nitrogen and oxygen atoms in total. The van der Waals surface area contributed by atoms with E-state index in [0.29, 0.717) is 13.0 Å². The molecule has 0 bridgehead atoms. The molecule has 0 aliphatic heterocycles. The van der Waals surface area contributed by atoms with Crippen LogP contribution in [0.3, 0.4) is 0 Å². The fourth-order valence-corrected chi connectivity index (χ4v) is 3.60. The van der Waals surface area contributed by atoms with E-state index < -0.39 is 21.6 Å². The van der Waals surface area contributed by atoms with E-state index in [1.807, 2.05) is 6.92 Å². The number of aryl methyl sites for hydroxylation is 1. The highest BCUT2D eigenvalue weighted by Crippen LogP contribution is 2.28. The Morgan fingerprint density at radius 3 is 2.41 bits per heavy atom. The average Bonchev–Trinajstić information content (AvgIpc) is 2.98. The summed E-state index contributed by atoms with van der Waals surface area (Å²) in [5.74, 6) is -1.66. The third kappa shape index (κ3) is 4.02. The summed E-state index contributed by atoms with van der Waals surface area (Å²) in [5, 5.41) is 14.0. The number of sulfone groups is 1. The summed E-state index contributed by atoms with van der Waals surface area (Å²) >= 11 is 0. The second kappa shape index (κ2) is 7.91. The lowest BCUT2D eigenvalue weighted by Gasteiger charge is -2.14. The maximum absolute atomic E-state index is 12.9. The molecule has 146 valence electrons. The standard InChI is InChI=1S/C18H22N2O6S/c1-5-9-26-18(23)15-11(3)12(7-8-14(15)27(4,24)25)16(21)13-10-19-20(6-2)17(13)22/h7-8,10,22H,5-6,9H2,1-4H3. The van der Waals surface area contributed by atoms with Gasteiger partial charge in [-0.2, -0.15) is 5.10 Å². The number of ether oxygens (including phenoxy) is 1. The monoisotopic (exact) mass is 394 g/mol. The minimum atomic E-state index is -3.72. The van der Waals surface area contributed by atoms with Crippen molar-refractivity contribution in [1.29, 1.82) is 0 Å². The number of hydrogen-bond acceptors (Lipinski definition) is 7. The van der Waals surface area contributed by atoms with Gasteiger partial charge in [0.15, 0.2) is 15.6 Å². The molecule has 27 heavy (non-hydrogen) atoms. The van der Waals surface area contributed by atoms with Crippen molar-refractivity contribution >= 4 is 21.6 Å². The summed E-state index contributed by atoms with van der Waals surface area (Å²) in [6.45, 7) is 5.55. The van der Waals surface area contributed by atoms with Gasteiger partial charge in [0.05, 0.1) is 23.3 Å². The molecule has 1 aromatic carbocycles. The molecule has 0 aliphatic carbocycles. The molecule has 0 unspecified atom stereocenters. The molecule has 1 N–H and O–H groups in total. The van der Waals surface area contributed by atoms with Crippen molar-refractivity contribution in [3.05, 3.63) is 40.6 Å². The molecule has 0 saturated carbocycles. The molecule has 9 heteroatoms. The molecule has 1 aromatic heterocycles. The predicted octanol–water partition coefficient (Wildman–Crippen LogP) is 2.12. The molecule has 1 heterocycles. The molecule has 0 amide bonds. The van der Waals surface area contributed by atoms with Crippen LogP contribution in [0.4, 0.5) is 0 Å². The van der Waals surface area contributed by atoms with Gasteiger partial charge < -0.3 is 9.84 Å². The SMILES string of the molecule is CCCOC(=O)c1c(S(C)(=O)=O)ccc(C(=O)c2cnn(CC)c2O)c1C. The van der Waals surface area contributed by atoms with Crippen LogP contribution < -0.4 is 0 Å². The Balaban J connectivity index is 2.63. The maximum Gasteiger partial charge on any atom is 0.339 e. The Hall–Kier alpha value is -2.68. The number of hydrogen-bond donors (Lipinski definition) is 1. The van der Waals surface area contributed by atoms with Crippen LogP contribution in [-0.4, -0.2) is 47.9 Å². The van der Waals surface area contributed by atoms with Crippen LogP contribution in [0.15, 0.2) is 23.2 Å². The van der Waals surface area contributed by atoms with E-state index in [4.69, 9.17) is 4.74 Å². The Kier molecular flexibility index (Phi) is 6.04. The lowest BCUT2D eigenvalue weighted by molar-refractivity contribution is 0.0499. The Morgan fingerprint density at radius 1 is 1.22 bits per heavy atom. The number of ketones is 1. The van der Waals surface area contributed by atoms with Crippen molar-refractivity contribution in [2.45, 2.75) is 38.6 Å². The number of esters is 1. The van der Waals surface area contributed by atoms with E-state index in [0.717, 1.165) is 6.26 Å². The minimum absolute atomic E-state index is 0.0278. The van der Waals surface area contributed by atoms with Crippen molar-refractivity contribution < 1.29 is 27.9 Å². The minimum Gasteiger partial charge on any atom is -0.493 e. The summed E-state index contributed by atoms with van der Waals surface area (Å²) in [6.07, 6.45) is 2.79. The van der Waals surface area contributed by atoms with Gasteiger partial charge in [0, 0.05) is 18.4 Å². The van der Waals surface area contributed by atoms with Crippen LogP contribution in [0.1, 0.15) is 52.1 Å². The number of benzene rings is 1. The average molecular weight is 394 g/mol. The zero-order valence-corrected chi connectivity index (χ0v) is 16.5. The second-order valence-corrected chi connectivity index (χ2v) is 8.03. The van der Waals surface area contributed by atoms with Crippen molar-refractivity contribution in [2.75, 3.05) is 12.9 Å². The highest BCUT2D eigenvalue weighted by molar-refractivity contribution is 7.90. The van der Waals surface area contributed by atoms with Crippen LogP contribution >= 0.6 is 0 Å². The van der Waals surface area contributed by atoms with Crippen molar-refractivity contribution in [2.24, 2.45) is 0 Å². The first-order chi connectivity index (χ1) is 12.6. The van der Waals surface area contributed by atoms with Gasteiger partial charge in [-0.15, -0.1) is 0 Å². The number of nitrogens with zero attached hydrogens (tertiary/aromatic N) is 2. The molecule has 0 atom stereocenters.